The van der Waals surface area contributed by atoms with Crippen LogP contribution in [0.5, 0.6) is 0 Å². The van der Waals surface area contributed by atoms with Gasteiger partial charge in [0, 0.05) is 7.05 Å². The molecule has 3 rings (SSSR count). The minimum atomic E-state index is -4.93. The van der Waals surface area contributed by atoms with E-state index in [9.17, 15) is 31.1 Å². The molecule has 26 heavy (non-hydrogen) atoms. The fraction of sp³-hybridized carbons (Fsp3) is 0.235. The van der Waals surface area contributed by atoms with Gasteiger partial charge in [-0.3, -0.25) is 9.13 Å². The van der Waals surface area contributed by atoms with Gasteiger partial charge in [0.05, 0.1) is 28.7 Å². The first-order valence-electron chi connectivity index (χ1n) is 7.41. The Bertz CT molecular complexity index is 994. The molecular weight excluding hydrogens is 362 g/mol. The smallest absolute Gasteiger partial charge is 0.295 e. The van der Waals surface area contributed by atoms with E-state index >= 15 is 0 Å². The average molecular weight is 374 g/mol. The Morgan fingerprint density at radius 1 is 0.846 bits per heavy atom. The lowest BCUT2D eigenvalue weighted by Gasteiger charge is -2.14. The van der Waals surface area contributed by atoms with Crippen LogP contribution in [-0.4, -0.2) is 9.13 Å². The van der Waals surface area contributed by atoms with Gasteiger partial charge in [-0.15, -0.1) is 0 Å². The minimum absolute atomic E-state index is 0.0649. The lowest BCUT2D eigenvalue weighted by Crippen LogP contribution is -2.23. The normalized spacial score (nSPS) is 12.7. The van der Waals surface area contributed by atoms with Crippen LogP contribution in [0.4, 0.5) is 26.3 Å². The summed E-state index contributed by atoms with van der Waals surface area (Å²) in [5.41, 5.74) is -2.65. The Hall–Kier alpha value is -2.71. The van der Waals surface area contributed by atoms with Crippen molar-refractivity contribution in [3.8, 4) is 0 Å². The van der Waals surface area contributed by atoms with Crippen molar-refractivity contribution in [2.45, 2.75) is 18.9 Å². The van der Waals surface area contributed by atoms with Crippen molar-refractivity contribution >= 4 is 11.0 Å². The third-order valence-corrected chi connectivity index (χ3v) is 4.04. The molecule has 0 N–H and O–H groups in total. The monoisotopic (exact) mass is 374 g/mol. The highest BCUT2D eigenvalue weighted by atomic mass is 19.4. The topological polar surface area (TPSA) is 26.9 Å². The van der Waals surface area contributed by atoms with Crippen LogP contribution in [0.3, 0.4) is 0 Å². The first kappa shape index (κ1) is 18.1. The third-order valence-electron chi connectivity index (χ3n) is 4.04. The highest BCUT2D eigenvalue weighted by Crippen LogP contribution is 2.36. The fourth-order valence-corrected chi connectivity index (χ4v) is 2.81. The molecule has 0 aliphatic rings. The number of nitrogens with zero attached hydrogens (tertiary/aromatic N) is 2. The van der Waals surface area contributed by atoms with Crippen molar-refractivity contribution in [2.75, 3.05) is 0 Å². The predicted octanol–water partition coefficient (Wildman–Crippen LogP) is 4.43. The number of aromatic nitrogens is 2. The fourth-order valence-electron chi connectivity index (χ4n) is 2.81. The van der Waals surface area contributed by atoms with E-state index in [4.69, 9.17) is 0 Å². The zero-order chi connectivity index (χ0) is 19.3. The van der Waals surface area contributed by atoms with Crippen LogP contribution < -0.4 is 5.69 Å². The van der Waals surface area contributed by atoms with Crippen molar-refractivity contribution in [1.29, 1.82) is 0 Å². The van der Waals surface area contributed by atoms with Crippen molar-refractivity contribution in [1.82, 2.24) is 9.13 Å². The predicted molar refractivity (Wildman–Crippen MR) is 82.7 cm³/mol. The molecule has 3 aromatic rings. The molecule has 138 valence electrons. The van der Waals surface area contributed by atoms with Crippen molar-refractivity contribution < 1.29 is 26.3 Å². The van der Waals surface area contributed by atoms with Crippen molar-refractivity contribution in [3.63, 3.8) is 0 Å². The first-order valence-corrected chi connectivity index (χ1v) is 7.41. The second-order valence-corrected chi connectivity index (χ2v) is 5.83. The molecule has 0 saturated carbocycles. The lowest BCUT2D eigenvalue weighted by molar-refractivity contribution is -0.143. The summed E-state index contributed by atoms with van der Waals surface area (Å²) in [6.07, 6.45) is -9.86. The summed E-state index contributed by atoms with van der Waals surface area (Å²) < 4.78 is 80.3. The Morgan fingerprint density at radius 3 is 1.85 bits per heavy atom. The van der Waals surface area contributed by atoms with E-state index in [0.717, 1.165) is 4.57 Å². The molecule has 9 heteroatoms. The molecule has 0 radical (unpaired) electrons. The maximum atomic E-state index is 13.0. The first-order chi connectivity index (χ1) is 12.0. The molecule has 0 spiro atoms. The SMILES string of the molecule is Cn1c(=O)n(Cc2cc(C(F)(F)F)cc(C(F)(F)F)c2)c2ccccc21. The van der Waals surface area contributed by atoms with Gasteiger partial charge in [-0.2, -0.15) is 26.3 Å². The maximum absolute atomic E-state index is 13.0. The quantitative estimate of drug-likeness (QED) is 0.610. The molecule has 0 bridgehead atoms. The zero-order valence-electron chi connectivity index (χ0n) is 13.3. The molecule has 0 aliphatic carbocycles. The van der Waals surface area contributed by atoms with Gasteiger partial charge in [0.1, 0.15) is 0 Å². The van der Waals surface area contributed by atoms with Crippen LogP contribution in [0, 0.1) is 0 Å². The van der Waals surface area contributed by atoms with Gasteiger partial charge in [0.25, 0.3) is 0 Å². The summed E-state index contributed by atoms with van der Waals surface area (Å²) in [6.45, 7) is -0.410. The highest BCUT2D eigenvalue weighted by molar-refractivity contribution is 5.76. The van der Waals surface area contributed by atoms with E-state index in [2.05, 4.69) is 0 Å². The maximum Gasteiger partial charge on any atom is 0.416 e. The molecule has 0 aliphatic heterocycles. The van der Waals surface area contributed by atoms with Crippen molar-refractivity contribution in [2.24, 2.45) is 7.05 Å². The van der Waals surface area contributed by atoms with E-state index in [-0.39, 0.29) is 11.6 Å². The molecule has 0 fully saturated rings. The number of hydrogen-bond acceptors (Lipinski definition) is 1. The largest absolute Gasteiger partial charge is 0.416 e. The molecule has 0 saturated heterocycles. The Labute approximate surface area is 143 Å². The summed E-state index contributed by atoms with van der Waals surface area (Å²) in [5, 5.41) is 0. The molecule has 3 nitrogen and oxygen atoms in total. The van der Waals surface area contributed by atoms with Gasteiger partial charge in [-0.1, -0.05) is 12.1 Å². The summed E-state index contributed by atoms with van der Waals surface area (Å²) in [5.74, 6) is 0. The number of rotatable bonds is 2. The van der Waals surface area contributed by atoms with Crippen LogP contribution in [0.1, 0.15) is 16.7 Å². The minimum Gasteiger partial charge on any atom is -0.295 e. The second-order valence-electron chi connectivity index (χ2n) is 5.83. The number of hydrogen-bond donors (Lipinski definition) is 0. The van der Waals surface area contributed by atoms with Crippen LogP contribution >= 0.6 is 0 Å². The van der Waals surface area contributed by atoms with E-state index in [1.54, 1.807) is 24.3 Å². The van der Waals surface area contributed by atoms with Gasteiger partial charge in [0.2, 0.25) is 0 Å². The molecule has 1 aromatic heterocycles. The van der Waals surface area contributed by atoms with Gasteiger partial charge < -0.3 is 0 Å². The lowest BCUT2D eigenvalue weighted by atomic mass is 10.0. The number of halogens is 6. The highest BCUT2D eigenvalue weighted by Gasteiger charge is 2.36. The second kappa shape index (κ2) is 5.93. The van der Waals surface area contributed by atoms with Gasteiger partial charge in [-0.05, 0) is 35.9 Å². The average Bonchev–Trinajstić information content (AvgIpc) is 2.78. The molecule has 0 amide bonds. The summed E-state index contributed by atoms with van der Waals surface area (Å²) in [6, 6.07) is 7.85. The van der Waals surface area contributed by atoms with Crippen LogP contribution in [0.2, 0.25) is 0 Å². The number of aryl methyl sites for hydroxylation is 1. The van der Waals surface area contributed by atoms with E-state index in [1.807, 2.05) is 0 Å². The standard InChI is InChI=1S/C17H12F6N2O/c1-24-13-4-2-3-5-14(13)25(15(24)26)9-10-6-11(16(18,19)20)8-12(7-10)17(21,22)23/h2-8H,9H2,1H3. The molecule has 1 heterocycles. The molecule has 2 aromatic carbocycles. The van der Waals surface area contributed by atoms with E-state index in [1.165, 1.54) is 11.6 Å². The molecule has 0 unspecified atom stereocenters. The van der Waals surface area contributed by atoms with Crippen molar-refractivity contribution in [3.05, 3.63) is 69.6 Å². The molecular formula is C17H12F6N2O. The Balaban J connectivity index is 2.17. The summed E-state index contributed by atoms with van der Waals surface area (Å²) in [7, 11) is 1.48. The van der Waals surface area contributed by atoms with Gasteiger partial charge in [-0.25, -0.2) is 4.79 Å². The van der Waals surface area contributed by atoms with Gasteiger partial charge in [0.15, 0.2) is 0 Å². The Kier molecular flexibility index (Phi) is 4.12. The number of fused-ring (bicyclic) bond motifs is 1. The summed E-state index contributed by atoms with van der Waals surface area (Å²) in [4.78, 5) is 12.3. The van der Waals surface area contributed by atoms with E-state index in [0.29, 0.717) is 23.2 Å². The van der Waals surface area contributed by atoms with E-state index < -0.39 is 35.7 Å². The third kappa shape index (κ3) is 3.21. The number of imidazole rings is 1. The zero-order valence-corrected chi connectivity index (χ0v) is 13.3. The summed E-state index contributed by atoms with van der Waals surface area (Å²) >= 11 is 0. The van der Waals surface area contributed by atoms with Gasteiger partial charge >= 0.3 is 18.0 Å². The number of alkyl halides is 6. The van der Waals surface area contributed by atoms with Crippen LogP contribution in [0.15, 0.2) is 47.3 Å². The number of benzene rings is 2. The molecule has 0 atom stereocenters. The Morgan fingerprint density at radius 2 is 1.35 bits per heavy atom. The van der Waals surface area contributed by atoms with Crippen LogP contribution in [0.25, 0.3) is 11.0 Å². The van der Waals surface area contributed by atoms with Crippen LogP contribution in [-0.2, 0) is 25.9 Å². The number of para-hydroxylation sites is 2.